The smallest absolute Gasteiger partial charge is 0.238 e. The minimum atomic E-state index is 0.0161. The van der Waals surface area contributed by atoms with Crippen molar-refractivity contribution in [2.45, 2.75) is 20.4 Å². The average molecular weight is 372 g/mol. The van der Waals surface area contributed by atoms with Crippen LogP contribution in [0.1, 0.15) is 16.7 Å². The molecule has 1 amide bonds. The SMILES string of the molecule is Cc1ccc(CN2CCN(CC(=O)Nc3cccc(Cl)c3C)CC2)cc1. The molecule has 1 saturated heterocycles. The number of amides is 1. The quantitative estimate of drug-likeness (QED) is 0.870. The van der Waals surface area contributed by atoms with Gasteiger partial charge in [-0.15, -0.1) is 0 Å². The van der Waals surface area contributed by atoms with Gasteiger partial charge in [0.05, 0.1) is 6.54 Å². The Hall–Kier alpha value is -1.88. The standard InChI is InChI=1S/C21H26ClN3O/c1-16-6-8-18(9-7-16)14-24-10-12-25(13-11-24)15-21(26)23-20-5-3-4-19(22)17(20)2/h3-9H,10-15H2,1-2H3,(H,23,26). The van der Waals surface area contributed by atoms with Crippen LogP contribution >= 0.6 is 11.6 Å². The van der Waals surface area contributed by atoms with Crippen molar-refractivity contribution in [2.24, 2.45) is 0 Å². The van der Waals surface area contributed by atoms with E-state index in [0.717, 1.165) is 44.0 Å². The molecule has 1 fully saturated rings. The Balaban J connectivity index is 1.45. The van der Waals surface area contributed by atoms with Crippen LogP contribution in [0.4, 0.5) is 5.69 Å². The Labute approximate surface area is 160 Å². The summed E-state index contributed by atoms with van der Waals surface area (Å²) in [7, 11) is 0. The highest BCUT2D eigenvalue weighted by Gasteiger charge is 2.19. The first-order valence-corrected chi connectivity index (χ1v) is 9.44. The number of nitrogens with zero attached hydrogens (tertiary/aromatic N) is 2. The van der Waals surface area contributed by atoms with E-state index in [4.69, 9.17) is 11.6 Å². The molecule has 1 aliphatic heterocycles. The molecule has 0 saturated carbocycles. The van der Waals surface area contributed by atoms with Crippen LogP contribution in [0, 0.1) is 13.8 Å². The molecule has 0 aliphatic carbocycles. The van der Waals surface area contributed by atoms with Crippen LogP contribution in [0.3, 0.4) is 0 Å². The Kier molecular flexibility index (Phi) is 6.30. The Morgan fingerprint density at radius 2 is 1.65 bits per heavy atom. The van der Waals surface area contributed by atoms with E-state index in [2.05, 4.69) is 46.3 Å². The lowest BCUT2D eigenvalue weighted by atomic mass is 10.1. The molecule has 0 spiro atoms. The maximum absolute atomic E-state index is 12.3. The molecule has 0 unspecified atom stereocenters. The molecule has 0 aromatic heterocycles. The molecule has 26 heavy (non-hydrogen) atoms. The van der Waals surface area contributed by atoms with E-state index in [0.29, 0.717) is 11.6 Å². The lowest BCUT2D eigenvalue weighted by Gasteiger charge is -2.34. The molecule has 2 aromatic carbocycles. The van der Waals surface area contributed by atoms with Gasteiger partial charge in [0.2, 0.25) is 5.91 Å². The summed E-state index contributed by atoms with van der Waals surface area (Å²) in [6.45, 7) is 9.21. The highest BCUT2D eigenvalue weighted by atomic mass is 35.5. The first-order valence-electron chi connectivity index (χ1n) is 9.06. The molecular formula is C21H26ClN3O. The van der Waals surface area contributed by atoms with E-state index >= 15 is 0 Å². The Morgan fingerprint density at radius 3 is 2.35 bits per heavy atom. The summed E-state index contributed by atoms with van der Waals surface area (Å²) in [5.74, 6) is 0.0161. The normalized spacial score (nSPS) is 15.8. The van der Waals surface area contributed by atoms with Crippen molar-refractivity contribution in [2.75, 3.05) is 38.0 Å². The summed E-state index contributed by atoms with van der Waals surface area (Å²) < 4.78 is 0. The predicted molar refractivity (Wildman–Crippen MR) is 108 cm³/mol. The molecule has 1 aliphatic rings. The highest BCUT2D eigenvalue weighted by molar-refractivity contribution is 6.31. The monoisotopic (exact) mass is 371 g/mol. The van der Waals surface area contributed by atoms with E-state index in [1.165, 1.54) is 11.1 Å². The van der Waals surface area contributed by atoms with Crippen molar-refractivity contribution in [1.82, 2.24) is 9.80 Å². The van der Waals surface area contributed by atoms with Crippen molar-refractivity contribution < 1.29 is 4.79 Å². The third-order valence-corrected chi connectivity index (χ3v) is 5.31. The molecule has 0 bridgehead atoms. The van der Waals surface area contributed by atoms with Gasteiger partial charge in [-0.1, -0.05) is 47.5 Å². The summed E-state index contributed by atoms with van der Waals surface area (Å²) in [6, 6.07) is 14.3. The fourth-order valence-electron chi connectivity index (χ4n) is 3.19. The van der Waals surface area contributed by atoms with Gasteiger partial charge in [0.1, 0.15) is 0 Å². The molecule has 4 nitrogen and oxygen atoms in total. The van der Waals surface area contributed by atoms with Gasteiger partial charge >= 0.3 is 0 Å². The second-order valence-electron chi connectivity index (χ2n) is 7.00. The number of carbonyl (C=O) groups excluding carboxylic acids is 1. The number of rotatable bonds is 5. The molecule has 2 aromatic rings. The number of halogens is 1. The Bertz CT molecular complexity index is 752. The lowest BCUT2D eigenvalue weighted by molar-refractivity contribution is -0.117. The number of carbonyl (C=O) groups is 1. The number of hydrogen-bond donors (Lipinski definition) is 1. The molecule has 5 heteroatoms. The summed E-state index contributed by atoms with van der Waals surface area (Å²) in [6.07, 6.45) is 0. The van der Waals surface area contributed by atoms with Crippen molar-refractivity contribution in [3.8, 4) is 0 Å². The number of aryl methyl sites for hydroxylation is 1. The van der Waals surface area contributed by atoms with E-state index in [9.17, 15) is 4.79 Å². The van der Waals surface area contributed by atoms with Gasteiger partial charge in [0.25, 0.3) is 0 Å². The fraction of sp³-hybridized carbons (Fsp3) is 0.381. The minimum Gasteiger partial charge on any atom is -0.325 e. The number of benzene rings is 2. The summed E-state index contributed by atoms with van der Waals surface area (Å²) >= 11 is 6.11. The molecule has 0 atom stereocenters. The summed E-state index contributed by atoms with van der Waals surface area (Å²) in [5.41, 5.74) is 4.34. The van der Waals surface area contributed by atoms with Crippen LogP contribution in [0.2, 0.25) is 5.02 Å². The van der Waals surface area contributed by atoms with Crippen LogP contribution in [-0.4, -0.2) is 48.4 Å². The first-order chi connectivity index (χ1) is 12.5. The lowest BCUT2D eigenvalue weighted by Crippen LogP contribution is -2.48. The topological polar surface area (TPSA) is 35.6 Å². The van der Waals surface area contributed by atoms with Crippen molar-refractivity contribution in [3.05, 3.63) is 64.2 Å². The molecule has 1 N–H and O–H groups in total. The summed E-state index contributed by atoms with van der Waals surface area (Å²) in [5, 5.41) is 3.65. The van der Waals surface area contributed by atoms with Gasteiger partial charge in [-0.25, -0.2) is 0 Å². The number of piperazine rings is 1. The molecule has 138 valence electrons. The van der Waals surface area contributed by atoms with Crippen LogP contribution in [0.25, 0.3) is 0 Å². The average Bonchev–Trinajstić information content (AvgIpc) is 2.62. The third-order valence-electron chi connectivity index (χ3n) is 4.90. The minimum absolute atomic E-state index is 0.0161. The van der Waals surface area contributed by atoms with Gasteiger partial charge in [0, 0.05) is 43.4 Å². The van der Waals surface area contributed by atoms with Gasteiger partial charge in [-0.3, -0.25) is 14.6 Å². The van der Waals surface area contributed by atoms with Crippen LogP contribution in [0.15, 0.2) is 42.5 Å². The highest BCUT2D eigenvalue weighted by Crippen LogP contribution is 2.22. The van der Waals surface area contributed by atoms with Gasteiger partial charge in [-0.2, -0.15) is 0 Å². The maximum Gasteiger partial charge on any atom is 0.238 e. The van der Waals surface area contributed by atoms with Crippen molar-refractivity contribution >= 4 is 23.2 Å². The van der Waals surface area contributed by atoms with Gasteiger partial charge in [-0.05, 0) is 37.1 Å². The number of nitrogens with one attached hydrogen (secondary N) is 1. The third kappa shape index (κ3) is 5.07. The number of hydrogen-bond acceptors (Lipinski definition) is 3. The zero-order valence-corrected chi connectivity index (χ0v) is 16.2. The van der Waals surface area contributed by atoms with Crippen molar-refractivity contribution in [3.63, 3.8) is 0 Å². The number of anilines is 1. The second-order valence-corrected chi connectivity index (χ2v) is 7.41. The Morgan fingerprint density at radius 1 is 1.00 bits per heavy atom. The van der Waals surface area contributed by atoms with Crippen molar-refractivity contribution in [1.29, 1.82) is 0 Å². The fourth-order valence-corrected chi connectivity index (χ4v) is 3.37. The van der Waals surface area contributed by atoms with Gasteiger partial charge < -0.3 is 5.32 Å². The molecule has 0 radical (unpaired) electrons. The van der Waals surface area contributed by atoms with Crippen LogP contribution < -0.4 is 5.32 Å². The van der Waals surface area contributed by atoms with E-state index in [1.807, 2.05) is 25.1 Å². The molecular weight excluding hydrogens is 346 g/mol. The van der Waals surface area contributed by atoms with Crippen LogP contribution in [-0.2, 0) is 11.3 Å². The zero-order valence-electron chi connectivity index (χ0n) is 15.5. The molecule has 1 heterocycles. The van der Waals surface area contributed by atoms with E-state index in [-0.39, 0.29) is 5.91 Å². The zero-order chi connectivity index (χ0) is 18.5. The van der Waals surface area contributed by atoms with Crippen LogP contribution in [0.5, 0.6) is 0 Å². The largest absolute Gasteiger partial charge is 0.325 e. The van der Waals surface area contributed by atoms with E-state index in [1.54, 1.807) is 0 Å². The second kappa shape index (κ2) is 8.67. The van der Waals surface area contributed by atoms with E-state index < -0.39 is 0 Å². The summed E-state index contributed by atoms with van der Waals surface area (Å²) in [4.78, 5) is 17.0. The first kappa shape index (κ1) is 18.9. The predicted octanol–water partition coefficient (Wildman–Crippen LogP) is 3.71. The molecule has 3 rings (SSSR count). The van der Waals surface area contributed by atoms with Gasteiger partial charge in [0.15, 0.2) is 0 Å². The maximum atomic E-state index is 12.3.